The van der Waals surface area contributed by atoms with Crippen molar-refractivity contribution in [1.29, 1.82) is 0 Å². The standard InChI is InChI=1S/C24H22N6O3/c1-17(30-23(32)10-8-21(28-30)19-11-13-25-14-12-19)24(33)26-15-16-29-22(31)9-7-20(27-29)18-5-3-2-4-6-18/h2-14,17H,15-16H2,1H3,(H,26,33). The Morgan fingerprint density at radius 1 is 0.848 bits per heavy atom. The summed E-state index contributed by atoms with van der Waals surface area (Å²) >= 11 is 0. The predicted octanol–water partition coefficient (Wildman–Crippen LogP) is 1.91. The quantitative estimate of drug-likeness (QED) is 0.468. The fourth-order valence-electron chi connectivity index (χ4n) is 3.30. The lowest BCUT2D eigenvalue weighted by molar-refractivity contribution is -0.124. The summed E-state index contributed by atoms with van der Waals surface area (Å²) < 4.78 is 2.45. The van der Waals surface area contributed by atoms with E-state index in [2.05, 4.69) is 20.5 Å². The first-order chi connectivity index (χ1) is 16.0. The number of rotatable bonds is 7. The van der Waals surface area contributed by atoms with Crippen LogP contribution in [0.2, 0.25) is 0 Å². The smallest absolute Gasteiger partial charge is 0.267 e. The zero-order valence-corrected chi connectivity index (χ0v) is 18.0. The Morgan fingerprint density at radius 2 is 1.48 bits per heavy atom. The van der Waals surface area contributed by atoms with Crippen molar-refractivity contribution in [1.82, 2.24) is 29.9 Å². The highest BCUT2D eigenvalue weighted by atomic mass is 16.2. The zero-order chi connectivity index (χ0) is 23.2. The number of amides is 1. The van der Waals surface area contributed by atoms with Gasteiger partial charge in [0, 0.05) is 42.2 Å². The summed E-state index contributed by atoms with van der Waals surface area (Å²) in [6.07, 6.45) is 3.26. The summed E-state index contributed by atoms with van der Waals surface area (Å²) in [5.41, 5.74) is 2.26. The fourth-order valence-corrected chi connectivity index (χ4v) is 3.30. The Kier molecular flexibility index (Phi) is 6.49. The number of hydrogen-bond acceptors (Lipinski definition) is 6. The van der Waals surface area contributed by atoms with Crippen molar-refractivity contribution in [3.63, 3.8) is 0 Å². The first-order valence-corrected chi connectivity index (χ1v) is 10.4. The summed E-state index contributed by atoms with van der Waals surface area (Å²) in [7, 11) is 0. The average molecular weight is 442 g/mol. The van der Waals surface area contributed by atoms with Gasteiger partial charge in [-0.05, 0) is 31.2 Å². The molecule has 1 atom stereocenters. The van der Waals surface area contributed by atoms with E-state index < -0.39 is 6.04 Å². The summed E-state index contributed by atoms with van der Waals surface area (Å²) in [4.78, 5) is 41.1. The number of aromatic nitrogens is 5. The van der Waals surface area contributed by atoms with Gasteiger partial charge in [0.25, 0.3) is 11.1 Å². The van der Waals surface area contributed by atoms with E-state index in [0.29, 0.717) is 11.4 Å². The SMILES string of the molecule is CC(C(=O)NCCn1nc(-c2ccccc2)ccc1=O)n1nc(-c2ccncc2)ccc1=O. The molecule has 0 fully saturated rings. The van der Waals surface area contributed by atoms with E-state index >= 15 is 0 Å². The van der Waals surface area contributed by atoms with Crippen LogP contribution in [0.5, 0.6) is 0 Å². The van der Waals surface area contributed by atoms with Crippen molar-refractivity contribution in [2.75, 3.05) is 6.54 Å². The zero-order valence-electron chi connectivity index (χ0n) is 18.0. The summed E-state index contributed by atoms with van der Waals surface area (Å²) in [6.45, 7) is 1.96. The molecule has 1 N–H and O–H groups in total. The van der Waals surface area contributed by atoms with Gasteiger partial charge < -0.3 is 5.32 Å². The van der Waals surface area contributed by atoms with Crippen LogP contribution in [0.15, 0.2) is 88.7 Å². The van der Waals surface area contributed by atoms with Crippen molar-refractivity contribution in [2.24, 2.45) is 0 Å². The van der Waals surface area contributed by atoms with Gasteiger partial charge in [-0.2, -0.15) is 10.2 Å². The van der Waals surface area contributed by atoms with Gasteiger partial charge in [-0.25, -0.2) is 9.36 Å². The minimum atomic E-state index is -0.834. The van der Waals surface area contributed by atoms with Gasteiger partial charge >= 0.3 is 0 Å². The molecule has 33 heavy (non-hydrogen) atoms. The van der Waals surface area contributed by atoms with Crippen LogP contribution in [-0.4, -0.2) is 37.0 Å². The number of carbonyl (C=O) groups is 1. The molecular weight excluding hydrogens is 420 g/mol. The van der Waals surface area contributed by atoms with Gasteiger partial charge in [0.05, 0.1) is 17.9 Å². The summed E-state index contributed by atoms with van der Waals surface area (Å²) in [5, 5.41) is 11.5. The highest BCUT2D eigenvalue weighted by molar-refractivity contribution is 5.79. The minimum absolute atomic E-state index is 0.174. The Labute approximate surface area is 189 Å². The molecule has 3 aromatic heterocycles. The normalized spacial score (nSPS) is 11.7. The third-order valence-corrected chi connectivity index (χ3v) is 5.11. The molecule has 4 rings (SSSR count). The van der Waals surface area contributed by atoms with Crippen molar-refractivity contribution >= 4 is 5.91 Å². The van der Waals surface area contributed by atoms with Gasteiger partial charge in [-0.3, -0.25) is 19.4 Å². The number of nitrogens with one attached hydrogen (secondary N) is 1. The highest BCUT2D eigenvalue weighted by Crippen LogP contribution is 2.15. The Hall–Kier alpha value is -4.40. The lowest BCUT2D eigenvalue weighted by Gasteiger charge is -2.15. The topological polar surface area (TPSA) is 112 Å². The van der Waals surface area contributed by atoms with Crippen LogP contribution in [-0.2, 0) is 11.3 Å². The average Bonchev–Trinajstić information content (AvgIpc) is 2.86. The lowest BCUT2D eigenvalue weighted by Crippen LogP contribution is -2.39. The molecule has 1 amide bonds. The molecule has 0 saturated carbocycles. The fraction of sp³-hybridized carbons (Fsp3) is 0.167. The molecule has 1 unspecified atom stereocenters. The second-order valence-electron chi connectivity index (χ2n) is 7.35. The van der Waals surface area contributed by atoms with E-state index in [1.54, 1.807) is 43.6 Å². The minimum Gasteiger partial charge on any atom is -0.352 e. The predicted molar refractivity (Wildman–Crippen MR) is 123 cm³/mol. The molecule has 0 aliphatic rings. The summed E-state index contributed by atoms with van der Waals surface area (Å²) in [5.74, 6) is -0.385. The van der Waals surface area contributed by atoms with Crippen LogP contribution in [0.4, 0.5) is 0 Å². The number of nitrogens with zero attached hydrogens (tertiary/aromatic N) is 5. The Morgan fingerprint density at radius 3 is 2.21 bits per heavy atom. The van der Waals surface area contributed by atoms with Crippen molar-refractivity contribution in [3.8, 4) is 22.5 Å². The molecule has 166 valence electrons. The van der Waals surface area contributed by atoms with E-state index in [-0.39, 0.29) is 30.1 Å². The van der Waals surface area contributed by atoms with E-state index in [0.717, 1.165) is 15.8 Å². The van der Waals surface area contributed by atoms with Crippen LogP contribution in [0.25, 0.3) is 22.5 Å². The number of pyridine rings is 1. The van der Waals surface area contributed by atoms with Crippen LogP contribution in [0.3, 0.4) is 0 Å². The van der Waals surface area contributed by atoms with Crippen LogP contribution >= 0.6 is 0 Å². The maximum absolute atomic E-state index is 12.7. The molecule has 0 spiro atoms. The molecule has 4 aromatic rings. The molecule has 0 aliphatic heterocycles. The lowest BCUT2D eigenvalue weighted by atomic mass is 10.1. The molecule has 9 heteroatoms. The third kappa shape index (κ3) is 5.09. The number of hydrogen-bond donors (Lipinski definition) is 1. The van der Waals surface area contributed by atoms with E-state index in [4.69, 9.17) is 0 Å². The maximum atomic E-state index is 12.7. The molecule has 1 aromatic carbocycles. The van der Waals surface area contributed by atoms with Crippen LogP contribution < -0.4 is 16.4 Å². The summed E-state index contributed by atoms with van der Waals surface area (Å²) in [6, 6.07) is 18.3. The third-order valence-electron chi connectivity index (χ3n) is 5.11. The van der Waals surface area contributed by atoms with Crippen molar-refractivity contribution < 1.29 is 4.79 Å². The number of benzene rings is 1. The second-order valence-corrected chi connectivity index (χ2v) is 7.35. The highest BCUT2D eigenvalue weighted by Gasteiger charge is 2.18. The van der Waals surface area contributed by atoms with E-state index in [9.17, 15) is 14.4 Å². The Bertz CT molecular complexity index is 1370. The molecule has 9 nitrogen and oxygen atoms in total. The van der Waals surface area contributed by atoms with Gasteiger partial charge in [0.2, 0.25) is 5.91 Å². The molecule has 0 bridgehead atoms. The Balaban J connectivity index is 1.44. The first-order valence-electron chi connectivity index (χ1n) is 10.4. The van der Waals surface area contributed by atoms with Crippen molar-refractivity contribution in [3.05, 3.63) is 99.8 Å². The van der Waals surface area contributed by atoms with Gasteiger partial charge in [0.15, 0.2) is 0 Å². The van der Waals surface area contributed by atoms with Gasteiger partial charge in [-0.1, -0.05) is 30.3 Å². The molecule has 0 aliphatic carbocycles. The maximum Gasteiger partial charge on any atom is 0.267 e. The van der Waals surface area contributed by atoms with E-state index in [1.807, 2.05) is 30.3 Å². The molecular formula is C24H22N6O3. The van der Waals surface area contributed by atoms with Gasteiger partial charge in [0.1, 0.15) is 6.04 Å². The van der Waals surface area contributed by atoms with Crippen LogP contribution in [0.1, 0.15) is 13.0 Å². The van der Waals surface area contributed by atoms with Gasteiger partial charge in [-0.15, -0.1) is 0 Å². The van der Waals surface area contributed by atoms with Crippen molar-refractivity contribution in [2.45, 2.75) is 19.5 Å². The largest absolute Gasteiger partial charge is 0.352 e. The monoisotopic (exact) mass is 442 g/mol. The molecule has 0 radical (unpaired) electrons. The van der Waals surface area contributed by atoms with Crippen LogP contribution in [0, 0.1) is 0 Å². The molecule has 3 heterocycles. The second kappa shape index (κ2) is 9.82. The first kappa shape index (κ1) is 21.8. The molecule has 0 saturated heterocycles. The van der Waals surface area contributed by atoms with E-state index in [1.165, 1.54) is 16.8 Å². The number of carbonyl (C=O) groups excluding carboxylic acids is 1.